The highest BCUT2D eigenvalue weighted by atomic mass is 79.9. The van der Waals surface area contributed by atoms with E-state index in [1.54, 1.807) is 11.8 Å². The first-order valence-electron chi connectivity index (χ1n) is 9.46. The number of rotatable bonds is 7. The summed E-state index contributed by atoms with van der Waals surface area (Å²) in [5.41, 5.74) is 3.00. The van der Waals surface area contributed by atoms with Crippen LogP contribution in [0.4, 0.5) is 0 Å². The summed E-state index contributed by atoms with van der Waals surface area (Å²) in [5, 5.41) is 10.4. The van der Waals surface area contributed by atoms with Crippen LogP contribution < -0.4 is 4.74 Å². The standard InChI is InChI=1S/C23H19BrClN3OS/c1-2-29-19-12-10-18(11-13-19)28-22(20-8-3-4-9-21(20)25)26-27-23(28)30-15-16-6-5-7-17(24)14-16/h3-14H,2,15H2,1H3. The molecule has 4 aromatic rings. The third-order valence-electron chi connectivity index (χ3n) is 4.41. The molecule has 0 radical (unpaired) electrons. The molecule has 0 aliphatic carbocycles. The highest BCUT2D eigenvalue weighted by molar-refractivity contribution is 9.10. The Morgan fingerprint density at radius 2 is 1.80 bits per heavy atom. The largest absolute Gasteiger partial charge is 0.494 e. The molecule has 0 aliphatic heterocycles. The number of nitrogens with zero attached hydrogens (tertiary/aromatic N) is 3. The van der Waals surface area contributed by atoms with Crippen molar-refractivity contribution in [3.05, 3.63) is 87.9 Å². The van der Waals surface area contributed by atoms with Gasteiger partial charge in [0.2, 0.25) is 0 Å². The van der Waals surface area contributed by atoms with E-state index in [4.69, 9.17) is 16.3 Å². The molecule has 7 heteroatoms. The molecular formula is C23H19BrClN3OS. The smallest absolute Gasteiger partial charge is 0.196 e. The first kappa shape index (κ1) is 21.0. The van der Waals surface area contributed by atoms with Gasteiger partial charge in [0.05, 0.1) is 11.6 Å². The summed E-state index contributed by atoms with van der Waals surface area (Å²) in [5.74, 6) is 2.32. The Morgan fingerprint density at radius 3 is 2.53 bits per heavy atom. The van der Waals surface area contributed by atoms with Crippen molar-refractivity contribution < 1.29 is 4.74 Å². The molecule has 0 amide bonds. The van der Waals surface area contributed by atoms with E-state index in [-0.39, 0.29) is 0 Å². The predicted octanol–water partition coefficient (Wildman–Crippen LogP) is 7.04. The first-order valence-corrected chi connectivity index (χ1v) is 11.6. The summed E-state index contributed by atoms with van der Waals surface area (Å²) in [6, 6.07) is 23.9. The van der Waals surface area contributed by atoms with Crippen LogP contribution in [0.15, 0.2) is 82.4 Å². The fourth-order valence-corrected chi connectivity index (χ4v) is 4.61. The van der Waals surface area contributed by atoms with Crippen LogP contribution in [-0.2, 0) is 5.75 Å². The summed E-state index contributed by atoms with van der Waals surface area (Å²) >= 11 is 11.6. The van der Waals surface area contributed by atoms with Crippen LogP contribution in [0.2, 0.25) is 5.02 Å². The lowest BCUT2D eigenvalue weighted by atomic mass is 10.2. The zero-order valence-electron chi connectivity index (χ0n) is 16.3. The Morgan fingerprint density at radius 1 is 1.00 bits per heavy atom. The van der Waals surface area contributed by atoms with Gasteiger partial charge in [0.15, 0.2) is 11.0 Å². The van der Waals surface area contributed by atoms with Crippen LogP contribution in [0.1, 0.15) is 12.5 Å². The molecule has 0 N–H and O–H groups in total. The zero-order valence-corrected chi connectivity index (χ0v) is 19.4. The normalized spacial score (nSPS) is 10.9. The lowest BCUT2D eigenvalue weighted by Crippen LogP contribution is -2.00. The maximum absolute atomic E-state index is 6.47. The molecule has 4 rings (SSSR count). The van der Waals surface area contributed by atoms with Crippen molar-refractivity contribution in [3.8, 4) is 22.8 Å². The van der Waals surface area contributed by atoms with Gasteiger partial charge in [-0.15, -0.1) is 10.2 Å². The van der Waals surface area contributed by atoms with E-state index in [0.717, 1.165) is 32.4 Å². The molecule has 0 saturated carbocycles. The fourth-order valence-electron chi connectivity index (χ4n) is 3.05. The minimum atomic E-state index is 0.630. The van der Waals surface area contributed by atoms with Gasteiger partial charge >= 0.3 is 0 Å². The van der Waals surface area contributed by atoms with Gasteiger partial charge in [0, 0.05) is 21.5 Å². The van der Waals surface area contributed by atoms with Crippen molar-refractivity contribution in [2.75, 3.05) is 6.61 Å². The average Bonchev–Trinajstić information content (AvgIpc) is 3.17. The molecule has 0 bridgehead atoms. The molecule has 0 spiro atoms. The summed E-state index contributed by atoms with van der Waals surface area (Å²) < 4.78 is 8.69. The Bertz CT molecular complexity index is 1150. The van der Waals surface area contributed by atoms with Crippen molar-refractivity contribution in [1.29, 1.82) is 0 Å². The molecule has 30 heavy (non-hydrogen) atoms. The second-order valence-electron chi connectivity index (χ2n) is 6.47. The topological polar surface area (TPSA) is 39.9 Å². The maximum atomic E-state index is 6.47. The van der Waals surface area contributed by atoms with Gasteiger partial charge in [0.1, 0.15) is 5.75 Å². The number of halogens is 2. The van der Waals surface area contributed by atoms with Crippen molar-refractivity contribution in [2.24, 2.45) is 0 Å². The molecule has 0 aliphatic rings. The second-order valence-corrected chi connectivity index (χ2v) is 8.73. The van der Waals surface area contributed by atoms with E-state index in [9.17, 15) is 0 Å². The van der Waals surface area contributed by atoms with E-state index in [1.165, 1.54) is 5.56 Å². The molecule has 0 atom stereocenters. The monoisotopic (exact) mass is 499 g/mol. The molecule has 1 aromatic heterocycles. The van der Waals surface area contributed by atoms with Crippen LogP contribution in [-0.4, -0.2) is 21.4 Å². The first-order chi connectivity index (χ1) is 14.7. The highest BCUT2D eigenvalue weighted by Crippen LogP contribution is 2.33. The van der Waals surface area contributed by atoms with Gasteiger partial charge in [-0.3, -0.25) is 4.57 Å². The van der Waals surface area contributed by atoms with Crippen molar-refractivity contribution >= 4 is 39.3 Å². The molecule has 0 fully saturated rings. The maximum Gasteiger partial charge on any atom is 0.196 e. The lowest BCUT2D eigenvalue weighted by molar-refractivity contribution is 0.340. The molecule has 1 heterocycles. The number of thioether (sulfide) groups is 1. The number of ether oxygens (including phenoxy) is 1. The average molecular weight is 501 g/mol. The van der Waals surface area contributed by atoms with Crippen LogP contribution in [0.5, 0.6) is 5.75 Å². The SMILES string of the molecule is CCOc1ccc(-n2c(SCc3cccc(Br)c3)nnc2-c2ccccc2Cl)cc1. The van der Waals surface area contributed by atoms with E-state index < -0.39 is 0 Å². The molecule has 152 valence electrons. The Hall–Kier alpha value is -2.28. The van der Waals surface area contributed by atoms with Gasteiger partial charge in [-0.05, 0) is 61.0 Å². The molecule has 4 nitrogen and oxygen atoms in total. The number of hydrogen-bond acceptors (Lipinski definition) is 4. The molecule has 0 unspecified atom stereocenters. The van der Waals surface area contributed by atoms with Gasteiger partial charge in [-0.2, -0.15) is 0 Å². The Kier molecular flexibility index (Phi) is 6.77. The van der Waals surface area contributed by atoms with Crippen molar-refractivity contribution in [2.45, 2.75) is 17.8 Å². The third kappa shape index (κ3) is 4.72. The van der Waals surface area contributed by atoms with Gasteiger partial charge < -0.3 is 4.74 Å². The molecule has 0 saturated heterocycles. The number of aromatic nitrogens is 3. The van der Waals surface area contributed by atoms with Crippen molar-refractivity contribution in [1.82, 2.24) is 14.8 Å². The van der Waals surface area contributed by atoms with Gasteiger partial charge in [0.25, 0.3) is 0 Å². The number of benzene rings is 3. The Labute approximate surface area is 193 Å². The van der Waals surface area contributed by atoms with Crippen LogP contribution in [0.25, 0.3) is 17.1 Å². The quantitative estimate of drug-likeness (QED) is 0.255. The van der Waals surface area contributed by atoms with E-state index >= 15 is 0 Å². The summed E-state index contributed by atoms with van der Waals surface area (Å²) in [6.45, 7) is 2.60. The fraction of sp³-hybridized carbons (Fsp3) is 0.130. The van der Waals surface area contributed by atoms with Crippen LogP contribution in [0, 0.1) is 0 Å². The van der Waals surface area contributed by atoms with E-state index in [1.807, 2.05) is 72.2 Å². The zero-order chi connectivity index (χ0) is 20.9. The second kappa shape index (κ2) is 9.69. The van der Waals surface area contributed by atoms with E-state index in [2.05, 4.69) is 38.3 Å². The summed E-state index contributed by atoms with van der Waals surface area (Å²) in [6.07, 6.45) is 0. The predicted molar refractivity (Wildman–Crippen MR) is 127 cm³/mol. The lowest BCUT2D eigenvalue weighted by Gasteiger charge is -2.12. The summed E-state index contributed by atoms with van der Waals surface area (Å²) in [4.78, 5) is 0. The minimum Gasteiger partial charge on any atom is -0.494 e. The molecular weight excluding hydrogens is 482 g/mol. The van der Waals surface area contributed by atoms with Gasteiger partial charge in [-0.25, -0.2) is 0 Å². The van der Waals surface area contributed by atoms with Crippen molar-refractivity contribution in [3.63, 3.8) is 0 Å². The number of hydrogen-bond donors (Lipinski definition) is 0. The third-order valence-corrected chi connectivity index (χ3v) is 6.23. The van der Waals surface area contributed by atoms with E-state index in [0.29, 0.717) is 17.5 Å². The molecule has 3 aromatic carbocycles. The van der Waals surface area contributed by atoms with Gasteiger partial charge in [-0.1, -0.05) is 63.6 Å². The minimum absolute atomic E-state index is 0.630. The van der Waals surface area contributed by atoms with Crippen LogP contribution >= 0.6 is 39.3 Å². The van der Waals surface area contributed by atoms with Crippen LogP contribution in [0.3, 0.4) is 0 Å². The highest BCUT2D eigenvalue weighted by Gasteiger charge is 2.18. The Balaban J connectivity index is 1.73. The summed E-state index contributed by atoms with van der Waals surface area (Å²) in [7, 11) is 0.